The molecule has 6 aromatic carbocycles. The molecular formula is C54H43IN2. The quantitative estimate of drug-likeness (QED) is 0.160. The van der Waals surface area contributed by atoms with E-state index in [1.165, 1.54) is 111 Å². The Morgan fingerprint density at radius 2 is 1.37 bits per heavy atom. The standard InChI is InChI=1S/C54H43IN2/c1-33-20-28-51(39-11-3-2-10-34(39)30-33)56(38-26-29-52-48(31-38)42-13-6-7-19-50(42)57(52)36-23-21-35(55)22-24-36)37-25-27-41-45-16-9-17-46-47-18-8-15-44(54(47)49(41)32-37)40-12-4-5-14-43(40)53(45)46/h2-3,5-11,13-19,21-27,29,31-34,39,51H,4,12,20,28,30H2,1H3/t33-,34?,39?,51?/m0/s1. The van der Waals surface area contributed by atoms with Crippen LogP contribution in [-0.2, 0) is 0 Å². The van der Waals surface area contributed by atoms with Gasteiger partial charge in [0.15, 0.2) is 0 Å². The van der Waals surface area contributed by atoms with Crippen molar-refractivity contribution >= 4 is 66.9 Å². The maximum atomic E-state index is 2.76. The average Bonchev–Trinajstić information content (AvgIpc) is 3.41. The van der Waals surface area contributed by atoms with E-state index < -0.39 is 0 Å². The summed E-state index contributed by atoms with van der Waals surface area (Å²) in [6.45, 7) is 2.47. The van der Waals surface area contributed by atoms with Gasteiger partial charge < -0.3 is 9.47 Å². The molecule has 0 saturated heterocycles. The first-order valence-electron chi connectivity index (χ1n) is 20.9. The molecule has 1 heterocycles. The molecule has 3 unspecified atom stereocenters. The molecule has 0 radical (unpaired) electrons. The maximum absolute atomic E-state index is 2.76. The van der Waals surface area contributed by atoms with E-state index in [-0.39, 0.29) is 0 Å². The lowest BCUT2D eigenvalue weighted by molar-refractivity contribution is 0.377. The zero-order chi connectivity index (χ0) is 37.8. The molecule has 0 spiro atoms. The van der Waals surface area contributed by atoms with E-state index in [4.69, 9.17) is 0 Å². The van der Waals surface area contributed by atoms with Crippen molar-refractivity contribution in [3.8, 4) is 39.1 Å². The normalized spacial score (nSPS) is 21.2. The summed E-state index contributed by atoms with van der Waals surface area (Å²) in [4.78, 5) is 2.76. The number of nitrogens with zero attached hydrogens (tertiary/aromatic N) is 2. The first-order chi connectivity index (χ1) is 28.1. The van der Waals surface area contributed by atoms with Gasteiger partial charge in [-0.05, 0) is 183 Å². The van der Waals surface area contributed by atoms with E-state index >= 15 is 0 Å². The van der Waals surface area contributed by atoms with E-state index in [1.54, 1.807) is 0 Å². The van der Waals surface area contributed by atoms with Crippen LogP contribution >= 0.6 is 22.6 Å². The third-order valence-corrected chi connectivity index (χ3v) is 14.5. The van der Waals surface area contributed by atoms with Crippen LogP contribution in [0.3, 0.4) is 0 Å². The molecule has 0 aliphatic heterocycles. The van der Waals surface area contributed by atoms with Gasteiger partial charge in [0.05, 0.1) is 11.0 Å². The summed E-state index contributed by atoms with van der Waals surface area (Å²) in [6, 6.07) is 47.0. The predicted octanol–water partition coefficient (Wildman–Crippen LogP) is 15.0. The summed E-state index contributed by atoms with van der Waals surface area (Å²) < 4.78 is 3.69. The summed E-state index contributed by atoms with van der Waals surface area (Å²) in [5.74, 6) is 1.64. The van der Waals surface area contributed by atoms with Crippen molar-refractivity contribution in [2.24, 2.45) is 17.8 Å². The van der Waals surface area contributed by atoms with Crippen molar-refractivity contribution in [1.82, 2.24) is 4.57 Å². The van der Waals surface area contributed by atoms with Crippen LogP contribution in [0.5, 0.6) is 0 Å². The largest absolute Gasteiger partial charge is 0.338 e. The van der Waals surface area contributed by atoms with Crippen LogP contribution in [-0.4, -0.2) is 10.6 Å². The SMILES string of the molecule is C[C@H]1CCC(N(c2ccc3c(c2)-c2c4cccc2-c2cccc-3c2C2=C4CCC=C2)c2ccc3c(c2)c2ccccc2n3-c2ccc(I)cc2)C2C=CC=CC2C1. The Labute approximate surface area is 348 Å². The van der Waals surface area contributed by atoms with Gasteiger partial charge in [0.2, 0.25) is 0 Å². The number of hydrogen-bond acceptors (Lipinski definition) is 1. The van der Waals surface area contributed by atoms with Crippen LogP contribution in [0.2, 0.25) is 0 Å². The Morgan fingerprint density at radius 3 is 2.25 bits per heavy atom. The van der Waals surface area contributed by atoms with Crippen LogP contribution in [0.25, 0.3) is 72.0 Å². The van der Waals surface area contributed by atoms with Gasteiger partial charge in [-0.1, -0.05) is 104 Å². The Bertz CT molecular complexity index is 2940. The lowest BCUT2D eigenvalue weighted by Gasteiger charge is -2.40. The lowest BCUT2D eigenvalue weighted by atomic mass is 9.79. The third-order valence-electron chi connectivity index (χ3n) is 13.7. The number of aromatic nitrogens is 1. The Hall–Kier alpha value is -5.39. The molecule has 57 heavy (non-hydrogen) atoms. The molecule has 5 aliphatic carbocycles. The molecule has 5 aliphatic rings. The van der Waals surface area contributed by atoms with E-state index in [0.717, 1.165) is 19.3 Å². The Kier molecular flexibility index (Phi) is 7.73. The van der Waals surface area contributed by atoms with Crippen molar-refractivity contribution in [2.45, 2.75) is 45.1 Å². The molecule has 12 rings (SSSR count). The number of fused-ring (bicyclic) bond motifs is 7. The third kappa shape index (κ3) is 5.13. The molecule has 4 atom stereocenters. The smallest absolute Gasteiger partial charge is 0.0542 e. The van der Waals surface area contributed by atoms with E-state index in [0.29, 0.717) is 23.8 Å². The minimum atomic E-state index is 0.309. The molecule has 276 valence electrons. The van der Waals surface area contributed by atoms with Gasteiger partial charge in [-0.25, -0.2) is 0 Å². The number of rotatable bonds is 4. The van der Waals surface area contributed by atoms with Gasteiger partial charge >= 0.3 is 0 Å². The highest BCUT2D eigenvalue weighted by molar-refractivity contribution is 14.1. The first kappa shape index (κ1) is 33.7. The van der Waals surface area contributed by atoms with Crippen molar-refractivity contribution in [3.05, 3.63) is 172 Å². The molecule has 1 aromatic heterocycles. The Morgan fingerprint density at radius 1 is 0.632 bits per heavy atom. The first-order valence-corrected chi connectivity index (χ1v) is 21.9. The highest BCUT2D eigenvalue weighted by atomic mass is 127. The van der Waals surface area contributed by atoms with Gasteiger partial charge in [-0.3, -0.25) is 0 Å². The number of hydrogen-bond donors (Lipinski definition) is 0. The highest BCUT2D eigenvalue weighted by Gasteiger charge is 2.38. The van der Waals surface area contributed by atoms with Gasteiger partial charge in [0.1, 0.15) is 0 Å². The van der Waals surface area contributed by atoms with E-state index in [2.05, 4.69) is 197 Å². The fraction of sp³-hybridized carbons (Fsp3) is 0.185. The van der Waals surface area contributed by atoms with Crippen molar-refractivity contribution in [1.29, 1.82) is 0 Å². The number of halogens is 1. The van der Waals surface area contributed by atoms with E-state index in [1.807, 2.05) is 0 Å². The minimum absolute atomic E-state index is 0.309. The van der Waals surface area contributed by atoms with E-state index in [9.17, 15) is 0 Å². The average molecular weight is 847 g/mol. The molecule has 6 bridgehead atoms. The van der Waals surface area contributed by atoms with Gasteiger partial charge in [-0.15, -0.1) is 0 Å². The van der Waals surface area contributed by atoms with Gasteiger partial charge in [0.25, 0.3) is 0 Å². The zero-order valence-electron chi connectivity index (χ0n) is 32.1. The van der Waals surface area contributed by atoms with Crippen LogP contribution in [0.15, 0.2) is 158 Å². The monoisotopic (exact) mass is 846 g/mol. The summed E-state index contributed by atoms with van der Waals surface area (Å²) in [5.41, 5.74) is 20.2. The molecule has 1 saturated carbocycles. The van der Waals surface area contributed by atoms with Gasteiger partial charge in [0, 0.05) is 43.4 Å². The molecule has 0 amide bonds. The second-order valence-corrected chi connectivity index (χ2v) is 18.2. The van der Waals surface area contributed by atoms with Crippen molar-refractivity contribution in [3.63, 3.8) is 0 Å². The number of anilines is 2. The molecular weight excluding hydrogens is 804 g/mol. The van der Waals surface area contributed by atoms with Crippen molar-refractivity contribution in [2.75, 3.05) is 4.90 Å². The molecule has 3 heteroatoms. The fourth-order valence-electron chi connectivity index (χ4n) is 11.3. The predicted molar refractivity (Wildman–Crippen MR) is 249 cm³/mol. The highest BCUT2D eigenvalue weighted by Crippen LogP contribution is 2.57. The van der Waals surface area contributed by atoms with Crippen LogP contribution in [0, 0.1) is 21.3 Å². The summed E-state index contributed by atoms with van der Waals surface area (Å²) in [6.07, 6.45) is 20.2. The van der Waals surface area contributed by atoms with Gasteiger partial charge in [-0.2, -0.15) is 0 Å². The number of para-hydroxylation sites is 1. The summed E-state index contributed by atoms with van der Waals surface area (Å²) >= 11 is 2.40. The minimum Gasteiger partial charge on any atom is -0.338 e. The summed E-state index contributed by atoms with van der Waals surface area (Å²) in [7, 11) is 0. The van der Waals surface area contributed by atoms with Crippen LogP contribution in [0.4, 0.5) is 11.4 Å². The molecule has 7 aromatic rings. The Balaban J connectivity index is 1.11. The number of benzene rings is 6. The second-order valence-electron chi connectivity index (χ2n) is 16.9. The fourth-order valence-corrected chi connectivity index (χ4v) is 11.6. The zero-order valence-corrected chi connectivity index (χ0v) is 34.3. The number of allylic oxidation sites excluding steroid dienone is 7. The second kappa shape index (κ2) is 13.1. The lowest BCUT2D eigenvalue weighted by Crippen LogP contribution is -2.39. The summed E-state index contributed by atoms with van der Waals surface area (Å²) in [5, 5.41) is 2.59. The molecule has 1 fully saturated rings. The van der Waals surface area contributed by atoms with Crippen LogP contribution < -0.4 is 4.90 Å². The topological polar surface area (TPSA) is 8.17 Å². The molecule has 2 nitrogen and oxygen atoms in total. The van der Waals surface area contributed by atoms with Crippen LogP contribution in [0.1, 0.15) is 50.2 Å². The van der Waals surface area contributed by atoms with Crippen molar-refractivity contribution < 1.29 is 0 Å². The maximum Gasteiger partial charge on any atom is 0.0542 e. The molecule has 0 N–H and O–H groups in total.